The summed E-state index contributed by atoms with van der Waals surface area (Å²) in [6.07, 6.45) is 4.03. The second-order valence-electron chi connectivity index (χ2n) is 9.83. The molecule has 7 rings (SSSR count). The number of fused-ring (bicyclic) bond motifs is 2. The Morgan fingerprint density at radius 2 is 1.28 bits per heavy atom. The third kappa shape index (κ3) is 3.16. The molecule has 4 aliphatic carbocycles. The fraction of sp³-hybridized carbons (Fsp3) is 0.696. The monoisotopic (exact) mass is 462 g/mol. The summed E-state index contributed by atoms with van der Waals surface area (Å²) in [6.45, 7) is 4.34. The molecule has 2 saturated heterocycles. The van der Waals surface area contributed by atoms with Gasteiger partial charge in [-0.25, -0.2) is 4.83 Å². The summed E-state index contributed by atoms with van der Waals surface area (Å²) in [7, 11) is -3.74. The van der Waals surface area contributed by atoms with Gasteiger partial charge in [0.2, 0.25) is 0 Å². The standard InChI is InChI=1S/C23H30N2O6S/c1-15-2-4-21(5-3-15)32(26,27)25-24-20-13-18-12-17-10-16(22(18)28-6-7-29-22)11-19(14-20)23(17)30-8-9-31-23/h2-5,16-19,25H,6-14H2,1H3/t16-,17-,18?,19?/m0/s1. The molecule has 6 fully saturated rings. The molecule has 4 atom stereocenters. The molecule has 4 bridgehead atoms. The third-order valence-electron chi connectivity index (χ3n) is 8.08. The van der Waals surface area contributed by atoms with E-state index in [9.17, 15) is 8.42 Å². The van der Waals surface area contributed by atoms with E-state index >= 15 is 0 Å². The highest BCUT2D eigenvalue weighted by atomic mass is 32.2. The summed E-state index contributed by atoms with van der Waals surface area (Å²) < 4.78 is 50.8. The zero-order valence-corrected chi connectivity index (χ0v) is 19.1. The van der Waals surface area contributed by atoms with Crippen LogP contribution >= 0.6 is 0 Å². The van der Waals surface area contributed by atoms with Crippen molar-refractivity contribution in [2.24, 2.45) is 28.8 Å². The molecule has 2 spiro atoms. The number of nitrogens with one attached hydrogen (secondary N) is 1. The van der Waals surface area contributed by atoms with Crippen molar-refractivity contribution in [1.82, 2.24) is 4.83 Å². The van der Waals surface area contributed by atoms with Gasteiger partial charge in [-0.15, -0.1) is 0 Å². The van der Waals surface area contributed by atoms with E-state index in [4.69, 9.17) is 18.9 Å². The molecule has 2 unspecified atom stereocenters. The lowest BCUT2D eigenvalue weighted by molar-refractivity contribution is -0.326. The fourth-order valence-corrected chi connectivity index (χ4v) is 7.64. The Labute approximate surface area is 188 Å². The first-order valence-corrected chi connectivity index (χ1v) is 13.1. The normalized spacial score (nSPS) is 34.7. The third-order valence-corrected chi connectivity index (χ3v) is 9.30. The summed E-state index contributed by atoms with van der Waals surface area (Å²) in [6, 6.07) is 6.77. The number of nitrogens with zero attached hydrogens (tertiary/aromatic N) is 1. The Balaban J connectivity index is 1.33. The molecule has 9 heteroatoms. The topological polar surface area (TPSA) is 95.5 Å². The van der Waals surface area contributed by atoms with E-state index < -0.39 is 21.6 Å². The van der Waals surface area contributed by atoms with E-state index in [-0.39, 0.29) is 16.7 Å². The molecule has 1 aromatic carbocycles. The first kappa shape index (κ1) is 21.0. The Morgan fingerprint density at radius 1 is 0.812 bits per heavy atom. The average molecular weight is 463 g/mol. The van der Waals surface area contributed by atoms with Gasteiger partial charge in [-0.05, 0) is 51.2 Å². The Hall–Kier alpha value is -1.52. The van der Waals surface area contributed by atoms with Crippen LogP contribution in [0, 0.1) is 30.6 Å². The maximum absolute atomic E-state index is 12.8. The molecular formula is C23H30N2O6S. The van der Waals surface area contributed by atoms with Gasteiger partial charge < -0.3 is 18.9 Å². The highest BCUT2D eigenvalue weighted by Gasteiger charge is 2.66. The van der Waals surface area contributed by atoms with Gasteiger partial charge in [-0.2, -0.15) is 13.5 Å². The quantitative estimate of drug-likeness (QED) is 0.694. The van der Waals surface area contributed by atoms with Crippen LogP contribution in [-0.2, 0) is 29.0 Å². The number of sulfonamides is 1. The van der Waals surface area contributed by atoms with Gasteiger partial charge >= 0.3 is 0 Å². The van der Waals surface area contributed by atoms with E-state index in [1.165, 1.54) is 0 Å². The Bertz CT molecular complexity index is 971. The second kappa shape index (κ2) is 7.50. The van der Waals surface area contributed by atoms with Crippen LogP contribution in [0.25, 0.3) is 0 Å². The maximum Gasteiger partial charge on any atom is 0.276 e. The van der Waals surface area contributed by atoms with E-state index in [2.05, 4.69) is 9.93 Å². The molecule has 0 amide bonds. The number of aryl methyl sites for hydroxylation is 1. The van der Waals surface area contributed by atoms with Crippen LogP contribution in [0.2, 0.25) is 0 Å². The van der Waals surface area contributed by atoms with Crippen LogP contribution < -0.4 is 4.83 Å². The van der Waals surface area contributed by atoms with Crippen molar-refractivity contribution < 1.29 is 27.4 Å². The van der Waals surface area contributed by atoms with Crippen molar-refractivity contribution in [2.75, 3.05) is 26.4 Å². The molecule has 6 aliphatic rings. The van der Waals surface area contributed by atoms with E-state index in [1.807, 2.05) is 6.92 Å². The van der Waals surface area contributed by atoms with Crippen molar-refractivity contribution in [3.63, 3.8) is 0 Å². The lowest BCUT2D eigenvalue weighted by Crippen LogP contribution is -2.64. The van der Waals surface area contributed by atoms with Crippen molar-refractivity contribution in [3.05, 3.63) is 29.8 Å². The predicted molar refractivity (Wildman–Crippen MR) is 115 cm³/mol. The lowest BCUT2D eigenvalue weighted by atomic mass is 9.55. The number of hydrazone groups is 1. The van der Waals surface area contributed by atoms with Crippen LogP contribution in [-0.4, -0.2) is 52.1 Å². The van der Waals surface area contributed by atoms with Gasteiger partial charge in [0.15, 0.2) is 11.6 Å². The summed E-state index contributed by atoms with van der Waals surface area (Å²) in [5.74, 6) is -0.367. The van der Waals surface area contributed by atoms with E-state index in [1.54, 1.807) is 24.3 Å². The van der Waals surface area contributed by atoms with Crippen LogP contribution in [0.15, 0.2) is 34.3 Å². The van der Waals surface area contributed by atoms with Crippen molar-refractivity contribution in [3.8, 4) is 0 Å². The molecule has 0 aromatic heterocycles. The molecule has 8 nitrogen and oxygen atoms in total. The van der Waals surface area contributed by atoms with Crippen LogP contribution in [0.5, 0.6) is 0 Å². The Kier molecular flexibility index (Phi) is 4.93. The average Bonchev–Trinajstić information content (AvgIpc) is 3.45. The molecule has 32 heavy (non-hydrogen) atoms. The van der Waals surface area contributed by atoms with Gasteiger partial charge in [0, 0.05) is 29.4 Å². The van der Waals surface area contributed by atoms with Crippen molar-refractivity contribution in [2.45, 2.75) is 55.5 Å². The fourth-order valence-electron chi connectivity index (χ4n) is 6.80. The summed E-state index contributed by atoms with van der Waals surface area (Å²) in [5.41, 5.74) is 1.82. The predicted octanol–water partition coefficient (Wildman–Crippen LogP) is 2.57. The van der Waals surface area contributed by atoms with Gasteiger partial charge in [0.25, 0.3) is 10.0 Å². The SMILES string of the molecule is Cc1ccc(S(=O)(=O)NN=C2CC3C[C@@H]4C[C@@H](CC(C2)C42OCCO2)C32OCCO2)cc1. The number of ether oxygens (including phenoxy) is 4. The van der Waals surface area contributed by atoms with E-state index in [0.717, 1.165) is 30.5 Å². The molecule has 4 saturated carbocycles. The number of hydrogen-bond acceptors (Lipinski definition) is 7. The highest BCUT2D eigenvalue weighted by molar-refractivity contribution is 7.89. The molecular weight excluding hydrogens is 432 g/mol. The molecule has 2 aliphatic heterocycles. The summed E-state index contributed by atoms with van der Waals surface area (Å²) in [4.78, 5) is 2.69. The summed E-state index contributed by atoms with van der Waals surface area (Å²) in [5, 5.41) is 4.44. The molecule has 1 N–H and O–H groups in total. The van der Waals surface area contributed by atoms with Gasteiger partial charge in [-0.3, -0.25) is 0 Å². The van der Waals surface area contributed by atoms with Crippen LogP contribution in [0.3, 0.4) is 0 Å². The zero-order chi connectivity index (χ0) is 22.0. The van der Waals surface area contributed by atoms with Crippen molar-refractivity contribution >= 4 is 15.7 Å². The molecule has 0 radical (unpaired) electrons. The largest absolute Gasteiger partial charge is 0.347 e. The first-order valence-electron chi connectivity index (χ1n) is 11.6. The summed E-state index contributed by atoms with van der Waals surface area (Å²) >= 11 is 0. The lowest BCUT2D eigenvalue weighted by Gasteiger charge is -2.59. The minimum atomic E-state index is -3.74. The smallest absolute Gasteiger partial charge is 0.276 e. The molecule has 2 heterocycles. The van der Waals surface area contributed by atoms with Gasteiger partial charge in [0.05, 0.1) is 31.3 Å². The molecule has 174 valence electrons. The Morgan fingerprint density at radius 3 is 1.78 bits per heavy atom. The van der Waals surface area contributed by atoms with E-state index in [0.29, 0.717) is 51.1 Å². The first-order chi connectivity index (χ1) is 15.4. The van der Waals surface area contributed by atoms with Crippen LogP contribution in [0.4, 0.5) is 0 Å². The number of rotatable bonds is 3. The zero-order valence-electron chi connectivity index (χ0n) is 18.3. The minimum absolute atomic E-state index is 0.0994. The van der Waals surface area contributed by atoms with Gasteiger partial charge in [0.1, 0.15) is 0 Å². The minimum Gasteiger partial charge on any atom is -0.347 e. The van der Waals surface area contributed by atoms with Crippen molar-refractivity contribution in [1.29, 1.82) is 0 Å². The number of hydrogen-bond donors (Lipinski definition) is 1. The second-order valence-corrected chi connectivity index (χ2v) is 11.5. The molecule has 1 aromatic rings. The van der Waals surface area contributed by atoms with Gasteiger partial charge in [-0.1, -0.05) is 17.7 Å². The van der Waals surface area contributed by atoms with Crippen LogP contribution in [0.1, 0.15) is 37.7 Å². The maximum atomic E-state index is 12.8. The highest BCUT2D eigenvalue weighted by Crippen LogP contribution is 2.61. The number of benzene rings is 1.